The van der Waals surface area contributed by atoms with Gasteiger partial charge in [0.2, 0.25) is 0 Å². The molecule has 1 aromatic heterocycles. The third-order valence-corrected chi connectivity index (χ3v) is 4.06. The Bertz CT molecular complexity index is 656. The van der Waals surface area contributed by atoms with Crippen LogP contribution in [-0.4, -0.2) is 46.8 Å². The quantitative estimate of drug-likeness (QED) is 0.925. The minimum Gasteiger partial charge on any atom is -0.497 e. The highest BCUT2D eigenvalue weighted by Crippen LogP contribution is 2.19. The SMILES string of the molecule is COc1ccc(-n2ccc(C(=O)N3CCCC3CN)n2)cc1.Cl. The van der Waals surface area contributed by atoms with Crippen LogP contribution in [0.15, 0.2) is 36.5 Å². The number of nitrogens with two attached hydrogens (primary N) is 1. The summed E-state index contributed by atoms with van der Waals surface area (Å²) < 4.78 is 6.83. The van der Waals surface area contributed by atoms with E-state index >= 15 is 0 Å². The van der Waals surface area contributed by atoms with Gasteiger partial charge in [0.15, 0.2) is 5.69 Å². The van der Waals surface area contributed by atoms with Crippen LogP contribution in [0.1, 0.15) is 23.3 Å². The van der Waals surface area contributed by atoms with Gasteiger partial charge in [-0.05, 0) is 43.2 Å². The maximum Gasteiger partial charge on any atom is 0.274 e. The number of ether oxygens (including phenoxy) is 1. The highest BCUT2D eigenvalue weighted by Gasteiger charge is 2.29. The number of hydrogen-bond donors (Lipinski definition) is 1. The second-order valence-electron chi connectivity index (χ2n) is 5.37. The molecule has 7 heteroatoms. The van der Waals surface area contributed by atoms with Gasteiger partial charge in [0, 0.05) is 25.3 Å². The van der Waals surface area contributed by atoms with Gasteiger partial charge in [-0.3, -0.25) is 4.79 Å². The molecule has 1 aromatic carbocycles. The molecule has 0 bridgehead atoms. The Kier molecular flexibility index (Phi) is 5.63. The summed E-state index contributed by atoms with van der Waals surface area (Å²) in [5.74, 6) is 0.746. The van der Waals surface area contributed by atoms with Crippen LogP contribution in [0.2, 0.25) is 0 Å². The van der Waals surface area contributed by atoms with Gasteiger partial charge >= 0.3 is 0 Å². The van der Waals surface area contributed by atoms with Crippen molar-refractivity contribution in [3.8, 4) is 11.4 Å². The maximum atomic E-state index is 12.5. The first-order chi connectivity index (χ1) is 10.7. The van der Waals surface area contributed by atoms with Crippen molar-refractivity contribution in [2.75, 3.05) is 20.2 Å². The van der Waals surface area contributed by atoms with Gasteiger partial charge in [-0.25, -0.2) is 4.68 Å². The van der Waals surface area contributed by atoms with E-state index in [0.29, 0.717) is 12.2 Å². The Balaban J connectivity index is 0.00000192. The molecule has 1 atom stereocenters. The summed E-state index contributed by atoms with van der Waals surface area (Å²) in [5, 5.41) is 4.39. The first-order valence-electron chi connectivity index (χ1n) is 7.44. The molecule has 3 rings (SSSR count). The molecule has 1 amide bonds. The third kappa shape index (κ3) is 3.48. The number of aromatic nitrogens is 2. The van der Waals surface area contributed by atoms with E-state index in [1.54, 1.807) is 24.1 Å². The van der Waals surface area contributed by atoms with Crippen molar-refractivity contribution < 1.29 is 9.53 Å². The molecule has 124 valence electrons. The Morgan fingerprint density at radius 3 is 2.74 bits per heavy atom. The number of methoxy groups -OCH3 is 1. The van der Waals surface area contributed by atoms with Crippen molar-refractivity contribution in [1.29, 1.82) is 0 Å². The number of amides is 1. The monoisotopic (exact) mass is 336 g/mol. The summed E-state index contributed by atoms with van der Waals surface area (Å²) >= 11 is 0. The fourth-order valence-corrected chi connectivity index (χ4v) is 2.81. The number of halogens is 1. The van der Waals surface area contributed by atoms with E-state index in [9.17, 15) is 4.79 Å². The summed E-state index contributed by atoms with van der Waals surface area (Å²) in [7, 11) is 1.63. The van der Waals surface area contributed by atoms with Gasteiger partial charge in [0.25, 0.3) is 5.91 Å². The van der Waals surface area contributed by atoms with Gasteiger partial charge < -0.3 is 15.4 Å². The zero-order valence-corrected chi connectivity index (χ0v) is 13.8. The molecule has 2 aromatic rings. The molecule has 2 heterocycles. The summed E-state index contributed by atoms with van der Waals surface area (Å²) in [6.07, 6.45) is 3.77. The summed E-state index contributed by atoms with van der Waals surface area (Å²) in [5.41, 5.74) is 7.07. The van der Waals surface area contributed by atoms with Crippen molar-refractivity contribution in [2.45, 2.75) is 18.9 Å². The molecule has 0 aliphatic carbocycles. The van der Waals surface area contributed by atoms with Crippen molar-refractivity contribution in [1.82, 2.24) is 14.7 Å². The first-order valence-corrected chi connectivity index (χ1v) is 7.44. The van der Waals surface area contributed by atoms with Crippen LogP contribution in [0, 0.1) is 0 Å². The minimum absolute atomic E-state index is 0. The largest absolute Gasteiger partial charge is 0.497 e. The van der Waals surface area contributed by atoms with Gasteiger partial charge in [-0.1, -0.05) is 0 Å². The lowest BCUT2D eigenvalue weighted by Crippen LogP contribution is -2.40. The van der Waals surface area contributed by atoms with E-state index in [4.69, 9.17) is 10.5 Å². The van der Waals surface area contributed by atoms with Gasteiger partial charge in [-0.2, -0.15) is 5.10 Å². The second-order valence-corrected chi connectivity index (χ2v) is 5.37. The predicted molar refractivity (Wildman–Crippen MR) is 90.5 cm³/mol. The van der Waals surface area contributed by atoms with Gasteiger partial charge in [0.05, 0.1) is 12.8 Å². The predicted octanol–water partition coefficient (Wildman–Crippen LogP) is 1.87. The number of nitrogens with zero attached hydrogens (tertiary/aromatic N) is 3. The molecular formula is C16H21ClN4O2. The summed E-state index contributed by atoms with van der Waals surface area (Å²) in [6, 6.07) is 9.42. The lowest BCUT2D eigenvalue weighted by molar-refractivity contribution is 0.0734. The molecule has 2 N–H and O–H groups in total. The number of carbonyl (C=O) groups excluding carboxylic acids is 1. The number of carbonyl (C=O) groups is 1. The van der Waals surface area contributed by atoms with Gasteiger partial charge in [-0.15, -0.1) is 12.4 Å². The first kappa shape index (κ1) is 17.3. The zero-order valence-electron chi connectivity index (χ0n) is 13.0. The topological polar surface area (TPSA) is 73.4 Å². The normalized spacial score (nSPS) is 17.0. The van der Waals surface area contributed by atoms with Crippen LogP contribution in [0.4, 0.5) is 0 Å². The van der Waals surface area contributed by atoms with Crippen molar-refractivity contribution in [3.05, 3.63) is 42.2 Å². The number of hydrogen-bond acceptors (Lipinski definition) is 4. The molecule has 23 heavy (non-hydrogen) atoms. The Morgan fingerprint density at radius 1 is 1.35 bits per heavy atom. The fraction of sp³-hybridized carbons (Fsp3) is 0.375. The number of likely N-dealkylation sites (tertiary alicyclic amines) is 1. The summed E-state index contributed by atoms with van der Waals surface area (Å²) in [4.78, 5) is 14.4. The van der Waals surface area contributed by atoms with Crippen molar-refractivity contribution in [3.63, 3.8) is 0 Å². The van der Waals surface area contributed by atoms with Crippen molar-refractivity contribution >= 4 is 18.3 Å². The lowest BCUT2D eigenvalue weighted by atomic mass is 10.2. The van der Waals surface area contributed by atoms with E-state index in [1.807, 2.05) is 29.2 Å². The fourth-order valence-electron chi connectivity index (χ4n) is 2.81. The molecular weight excluding hydrogens is 316 g/mol. The maximum absolute atomic E-state index is 12.5. The number of rotatable bonds is 4. The second kappa shape index (κ2) is 7.48. The van der Waals surface area contributed by atoms with E-state index in [-0.39, 0.29) is 24.4 Å². The average Bonchev–Trinajstić information content (AvgIpc) is 3.23. The van der Waals surface area contributed by atoms with Crippen LogP contribution in [-0.2, 0) is 0 Å². The lowest BCUT2D eigenvalue weighted by Gasteiger charge is -2.22. The van der Waals surface area contributed by atoms with E-state index in [1.165, 1.54) is 0 Å². The third-order valence-electron chi connectivity index (χ3n) is 4.06. The molecule has 6 nitrogen and oxygen atoms in total. The van der Waals surface area contributed by atoms with Crippen LogP contribution < -0.4 is 10.5 Å². The van der Waals surface area contributed by atoms with Crippen LogP contribution in [0.25, 0.3) is 5.69 Å². The highest BCUT2D eigenvalue weighted by molar-refractivity contribution is 5.92. The van der Waals surface area contributed by atoms with Crippen molar-refractivity contribution in [2.24, 2.45) is 5.73 Å². The Morgan fingerprint density at radius 2 is 2.09 bits per heavy atom. The van der Waals surface area contributed by atoms with E-state index < -0.39 is 0 Å². The standard InChI is InChI=1S/C16H20N4O2.ClH/c1-22-14-6-4-12(5-7-14)20-10-8-15(18-20)16(21)19-9-2-3-13(19)11-17;/h4-8,10,13H,2-3,9,11,17H2,1H3;1H. The smallest absolute Gasteiger partial charge is 0.274 e. The molecule has 1 aliphatic heterocycles. The van der Waals surface area contributed by atoms with E-state index in [0.717, 1.165) is 30.8 Å². The molecule has 1 saturated heterocycles. The minimum atomic E-state index is -0.0415. The molecule has 1 fully saturated rings. The number of benzene rings is 1. The van der Waals surface area contributed by atoms with E-state index in [2.05, 4.69) is 5.10 Å². The average molecular weight is 337 g/mol. The van der Waals surface area contributed by atoms with Crippen LogP contribution >= 0.6 is 12.4 Å². The highest BCUT2D eigenvalue weighted by atomic mass is 35.5. The zero-order chi connectivity index (χ0) is 15.5. The Labute approximate surface area is 141 Å². The van der Waals surface area contributed by atoms with Crippen LogP contribution in [0.3, 0.4) is 0 Å². The Hall–Kier alpha value is -2.05. The van der Waals surface area contributed by atoms with Gasteiger partial charge in [0.1, 0.15) is 5.75 Å². The summed E-state index contributed by atoms with van der Waals surface area (Å²) in [6.45, 7) is 1.26. The molecule has 1 aliphatic rings. The molecule has 0 saturated carbocycles. The molecule has 0 radical (unpaired) electrons. The van der Waals surface area contributed by atoms with Crippen LogP contribution in [0.5, 0.6) is 5.75 Å². The molecule has 1 unspecified atom stereocenters. The molecule has 0 spiro atoms.